The molecule has 1 saturated carbocycles. The molecule has 0 saturated heterocycles. The van der Waals surface area contributed by atoms with Crippen LogP contribution in [-0.4, -0.2) is 36.8 Å². The number of aliphatic hydroxyl groups excluding tert-OH is 1. The van der Waals surface area contributed by atoms with Crippen LogP contribution in [0, 0.1) is 5.92 Å². The summed E-state index contributed by atoms with van der Waals surface area (Å²) in [5, 5.41) is 16.3. The molecule has 0 amide bonds. The lowest BCUT2D eigenvalue weighted by atomic mass is 10.1. The second-order valence-electron chi connectivity index (χ2n) is 5.23. The number of hydrogen-bond donors (Lipinski definition) is 3. The van der Waals surface area contributed by atoms with E-state index in [1.807, 2.05) is 19.1 Å². The first kappa shape index (κ1) is 18.3. The van der Waals surface area contributed by atoms with E-state index in [1.165, 1.54) is 0 Å². The van der Waals surface area contributed by atoms with E-state index < -0.39 is 0 Å². The predicted octanol–water partition coefficient (Wildman–Crippen LogP) is 2.16. The van der Waals surface area contributed by atoms with Gasteiger partial charge in [-0.15, -0.1) is 24.0 Å². The molecule has 2 atom stereocenters. The minimum absolute atomic E-state index is 0. The zero-order valence-electron chi connectivity index (χ0n) is 12.5. The Bertz CT molecular complexity index is 409. The molecule has 0 bridgehead atoms. The first-order valence-corrected chi connectivity index (χ1v) is 7.52. The topological polar surface area (TPSA) is 69.8 Å². The molecule has 3 N–H and O–H groups in total. The monoisotopic (exact) mass is 407 g/mol. The quantitative estimate of drug-likeness (QED) is 0.384. The largest absolute Gasteiger partial charge is 0.469 e. The van der Waals surface area contributed by atoms with Gasteiger partial charge in [0.15, 0.2) is 5.96 Å². The maximum Gasteiger partial charge on any atom is 0.191 e. The summed E-state index contributed by atoms with van der Waals surface area (Å²) in [5.74, 6) is 2.10. The van der Waals surface area contributed by atoms with Gasteiger partial charge in [-0.05, 0) is 31.9 Å². The number of halogens is 1. The lowest BCUT2D eigenvalue weighted by Gasteiger charge is -2.14. The Morgan fingerprint density at radius 2 is 2.29 bits per heavy atom. The number of guanidine groups is 1. The molecule has 21 heavy (non-hydrogen) atoms. The minimum atomic E-state index is -0.176. The number of rotatable bonds is 6. The maximum absolute atomic E-state index is 9.81. The summed E-state index contributed by atoms with van der Waals surface area (Å²) in [7, 11) is 0. The van der Waals surface area contributed by atoms with Gasteiger partial charge in [-0.25, -0.2) is 0 Å². The number of aliphatic imine (C=N–C) groups is 1. The zero-order valence-corrected chi connectivity index (χ0v) is 14.9. The number of nitrogens with one attached hydrogen (secondary N) is 2. The van der Waals surface area contributed by atoms with Crippen molar-refractivity contribution in [2.45, 2.75) is 38.7 Å². The van der Waals surface area contributed by atoms with Gasteiger partial charge in [0.25, 0.3) is 0 Å². The van der Waals surface area contributed by atoms with Crippen molar-refractivity contribution in [1.29, 1.82) is 0 Å². The van der Waals surface area contributed by atoms with Crippen molar-refractivity contribution < 1.29 is 9.52 Å². The molecule has 1 heterocycles. The highest BCUT2D eigenvalue weighted by molar-refractivity contribution is 14.0. The van der Waals surface area contributed by atoms with Gasteiger partial charge in [-0.2, -0.15) is 0 Å². The number of aliphatic hydroxyl groups is 1. The SMILES string of the molecule is CCNC(=NCC1CCCC1O)NCCc1ccco1.I. The Labute approximate surface area is 143 Å². The minimum Gasteiger partial charge on any atom is -0.469 e. The van der Waals surface area contributed by atoms with Crippen LogP contribution in [0.3, 0.4) is 0 Å². The molecule has 1 aromatic heterocycles. The summed E-state index contributed by atoms with van der Waals surface area (Å²) in [6, 6.07) is 3.87. The fourth-order valence-electron chi connectivity index (χ4n) is 2.54. The lowest BCUT2D eigenvalue weighted by Crippen LogP contribution is -2.38. The first-order chi connectivity index (χ1) is 9.79. The van der Waals surface area contributed by atoms with Crippen molar-refractivity contribution in [1.82, 2.24) is 10.6 Å². The molecular weight excluding hydrogens is 381 g/mol. The molecule has 0 aromatic carbocycles. The number of furan rings is 1. The summed E-state index contributed by atoms with van der Waals surface area (Å²) in [6.45, 7) is 4.36. The number of hydrogen-bond acceptors (Lipinski definition) is 3. The van der Waals surface area contributed by atoms with Crippen molar-refractivity contribution in [2.75, 3.05) is 19.6 Å². The van der Waals surface area contributed by atoms with E-state index in [2.05, 4.69) is 15.6 Å². The van der Waals surface area contributed by atoms with Gasteiger partial charge in [0.2, 0.25) is 0 Å². The summed E-state index contributed by atoms with van der Waals surface area (Å²) < 4.78 is 5.30. The lowest BCUT2D eigenvalue weighted by molar-refractivity contribution is 0.136. The van der Waals surface area contributed by atoms with Crippen LogP contribution in [0.25, 0.3) is 0 Å². The zero-order chi connectivity index (χ0) is 14.2. The Balaban J connectivity index is 0.00000220. The van der Waals surface area contributed by atoms with Crippen molar-refractivity contribution in [2.24, 2.45) is 10.9 Å². The van der Waals surface area contributed by atoms with Gasteiger partial charge in [0, 0.05) is 32.0 Å². The van der Waals surface area contributed by atoms with E-state index in [0.29, 0.717) is 12.5 Å². The van der Waals surface area contributed by atoms with Gasteiger partial charge < -0.3 is 20.2 Å². The second-order valence-corrected chi connectivity index (χ2v) is 5.23. The van der Waals surface area contributed by atoms with Crippen LogP contribution in [0.15, 0.2) is 27.8 Å². The smallest absolute Gasteiger partial charge is 0.191 e. The van der Waals surface area contributed by atoms with Crippen LogP contribution >= 0.6 is 24.0 Å². The third-order valence-corrected chi connectivity index (χ3v) is 3.69. The highest BCUT2D eigenvalue weighted by Crippen LogP contribution is 2.25. The highest BCUT2D eigenvalue weighted by Gasteiger charge is 2.24. The van der Waals surface area contributed by atoms with Crippen LogP contribution in [0.2, 0.25) is 0 Å². The van der Waals surface area contributed by atoms with Crippen molar-refractivity contribution in [3.8, 4) is 0 Å². The van der Waals surface area contributed by atoms with Crippen LogP contribution in [0.5, 0.6) is 0 Å². The van der Waals surface area contributed by atoms with E-state index in [9.17, 15) is 5.11 Å². The van der Waals surface area contributed by atoms with Crippen LogP contribution in [-0.2, 0) is 6.42 Å². The highest BCUT2D eigenvalue weighted by atomic mass is 127. The molecule has 5 nitrogen and oxygen atoms in total. The molecular formula is C15H26IN3O2. The average Bonchev–Trinajstić information content (AvgIpc) is 3.08. The van der Waals surface area contributed by atoms with Gasteiger partial charge in [-0.1, -0.05) is 6.42 Å². The van der Waals surface area contributed by atoms with Crippen molar-refractivity contribution in [3.05, 3.63) is 24.2 Å². The maximum atomic E-state index is 9.81. The van der Waals surface area contributed by atoms with E-state index >= 15 is 0 Å². The molecule has 1 fully saturated rings. The third-order valence-electron chi connectivity index (χ3n) is 3.69. The summed E-state index contributed by atoms with van der Waals surface area (Å²) in [6.07, 6.45) is 5.47. The van der Waals surface area contributed by atoms with Crippen molar-refractivity contribution in [3.63, 3.8) is 0 Å². The Kier molecular flexibility index (Phi) is 8.75. The molecule has 2 rings (SSSR count). The third kappa shape index (κ3) is 6.25. The Hall–Kier alpha value is -0.760. The van der Waals surface area contributed by atoms with E-state index in [1.54, 1.807) is 6.26 Å². The summed E-state index contributed by atoms with van der Waals surface area (Å²) in [4.78, 5) is 4.57. The molecule has 6 heteroatoms. The molecule has 0 spiro atoms. The fraction of sp³-hybridized carbons (Fsp3) is 0.667. The standard InChI is InChI=1S/C15H25N3O2.HI/c1-2-16-15(17-9-8-13-6-4-10-20-13)18-11-12-5-3-7-14(12)19;/h4,6,10,12,14,19H,2-3,5,7-9,11H2,1H3,(H2,16,17,18);1H. The average molecular weight is 407 g/mol. The number of nitrogens with zero attached hydrogens (tertiary/aromatic N) is 1. The van der Waals surface area contributed by atoms with Gasteiger partial charge in [0.1, 0.15) is 5.76 Å². The van der Waals surface area contributed by atoms with Crippen molar-refractivity contribution >= 4 is 29.9 Å². The summed E-state index contributed by atoms with van der Waals surface area (Å²) in [5.41, 5.74) is 0. The second kappa shape index (κ2) is 10.0. The van der Waals surface area contributed by atoms with Gasteiger partial charge in [0.05, 0.1) is 12.4 Å². The summed E-state index contributed by atoms with van der Waals surface area (Å²) >= 11 is 0. The Morgan fingerprint density at radius 1 is 1.43 bits per heavy atom. The fourth-order valence-corrected chi connectivity index (χ4v) is 2.54. The van der Waals surface area contributed by atoms with Crippen LogP contribution < -0.4 is 10.6 Å². The molecule has 0 radical (unpaired) electrons. The molecule has 1 aliphatic carbocycles. The van der Waals surface area contributed by atoms with E-state index in [4.69, 9.17) is 4.42 Å². The van der Waals surface area contributed by atoms with E-state index in [-0.39, 0.29) is 30.1 Å². The Morgan fingerprint density at radius 3 is 2.90 bits per heavy atom. The molecule has 1 aliphatic rings. The van der Waals surface area contributed by atoms with Gasteiger partial charge in [-0.3, -0.25) is 4.99 Å². The molecule has 0 aliphatic heterocycles. The first-order valence-electron chi connectivity index (χ1n) is 7.52. The molecule has 1 aromatic rings. The molecule has 2 unspecified atom stereocenters. The van der Waals surface area contributed by atoms with Crippen LogP contribution in [0.1, 0.15) is 31.9 Å². The van der Waals surface area contributed by atoms with Gasteiger partial charge >= 0.3 is 0 Å². The van der Waals surface area contributed by atoms with Crippen LogP contribution in [0.4, 0.5) is 0 Å². The molecule has 120 valence electrons. The van der Waals surface area contributed by atoms with E-state index in [0.717, 1.165) is 50.5 Å². The predicted molar refractivity (Wildman–Crippen MR) is 95.2 cm³/mol. The normalized spacial score (nSPS) is 21.9.